The fraction of sp³-hybridized carbons (Fsp3) is 0.818. The Labute approximate surface area is 166 Å². The summed E-state index contributed by atoms with van der Waals surface area (Å²) < 4.78 is 4.75. The summed E-state index contributed by atoms with van der Waals surface area (Å²) in [5, 5.41) is 0. The number of thiol groups is 1. The first-order valence-electron chi connectivity index (χ1n) is 10.7. The van der Waals surface area contributed by atoms with Gasteiger partial charge in [0.05, 0.1) is 0 Å². The number of allylic oxidation sites excluding steroid dienone is 2. The molecule has 0 aromatic carbocycles. The Balaban J connectivity index is 3.29. The molecule has 0 radical (unpaired) electrons. The van der Waals surface area contributed by atoms with Crippen LogP contribution < -0.4 is 0 Å². The standard InChI is InChI=1S/C22H40O3S/c1-2-3-4-5-6-7-8-9-10-11-12-13-14-15-16-18-21(23)25-22(24)19-17-20-26/h9-10,26H,2-8,11-20H2,1H3. The molecule has 0 bridgehead atoms. The van der Waals surface area contributed by atoms with Gasteiger partial charge in [-0.05, 0) is 44.3 Å². The Hall–Kier alpha value is -0.770. The molecule has 0 heterocycles. The highest BCUT2D eigenvalue weighted by Gasteiger charge is 2.09. The molecule has 0 spiro atoms. The Morgan fingerprint density at radius 3 is 1.69 bits per heavy atom. The predicted octanol–water partition coefficient (Wildman–Crippen LogP) is 6.80. The number of carbonyl (C=O) groups excluding carboxylic acids is 2. The molecule has 0 amide bonds. The summed E-state index contributed by atoms with van der Waals surface area (Å²) >= 11 is 4.03. The molecule has 4 heteroatoms. The highest BCUT2D eigenvalue weighted by Crippen LogP contribution is 2.10. The number of rotatable bonds is 18. The molecule has 0 aromatic heterocycles. The minimum Gasteiger partial charge on any atom is -0.393 e. The van der Waals surface area contributed by atoms with E-state index in [9.17, 15) is 9.59 Å². The molecular weight excluding hydrogens is 344 g/mol. The van der Waals surface area contributed by atoms with E-state index in [1.165, 1.54) is 57.8 Å². The van der Waals surface area contributed by atoms with E-state index in [2.05, 4.69) is 31.7 Å². The van der Waals surface area contributed by atoms with Crippen molar-refractivity contribution < 1.29 is 14.3 Å². The van der Waals surface area contributed by atoms with Gasteiger partial charge in [0.2, 0.25) is 0 Å². The second-order valence-corrected chi connectivity index (χ2v) is 7.45. The van der Waals surface area contributed by atoms with Crippen molar-refractivity contribution in [2.24, 2.45) is 0 Å². The van der Waals surface area contributed by atoms with Gasteiger partial charge in [-0.3, -0.25) is 9.59 Å². The van der Waals surface area contributed by atoms with Gasteiger partial charge >= 0.3 is 11.9 Å². The van der Waals surface area contributed by atoms with Crippen molar-refractivity contribution in [3.05, 3.63) is 12.2 Å². The van der Waals surface area contributed by atoms with Crippen LogP contribution in [0.3, 0.4) is 0 Å². The van der Waals surface area contributed by atoms with Crippen LogP contribution in [-0.2, 0) is 14.3 Å². The van der Waals surface area contributed by atoms with Crippen LogP contribution in [0.15, 0.2) is 12.2 Å². The third kappa shape index (κ3) is 19.6. The SMILES string of the molecule is CCCCCCCCC=CCCCCCCCC(=O)OC(=O)CCCS. The molecule has 3 nitrogen and oxygen atoms in total. The number of ether oxygens (including phenoxy) is 1. The lowest BCUT2D eigenvalue weighted by Gasteiger charge is -2.03. The van der Waals surface area contributed by atoms with Crippen molar-refractivity contribution in [1.29, 1.82) is 0 Å². The van der Waals surface area contributed by atoms with Crippen LogP contribution in [0.5, 0.6) is 0 Å². The lowest BCUT2D eigenvalue weighted by Crippen LogP contribution is -2.11. The molecule has 0 aliphatic heterocycles. The molecule has 26 heavy (non-hydrogen) atoms. The zero-order valence-electron chi connectivity index (χ0n) is 16.8. The molecular formula is C22H40O3S. The Kier molecular flexibility index (Phi) is 19.9. The van der Waals surface area contributed by atoms with Crippen LogP contribution in [0.1, 0.15) is 110 Å². The van der Waals surface area contributed by atoms with Crippen LogP contribution >= 0.6 is 12.6 Å². The molecule has 0 N–H and O–H groups in total. The first-order valence-corrected chi connectivity index (χ1v) is 11.3. The number of hydrogen-bond acceptors (Lipinski definition) is 4. The fourth-order valence-electron chi connectivity index (χ4n) is 2.79. The van der Waals surface area contributed by atoms with Gasteiger partial charge in [-0.2, -0.15) is 12.6 Å². The first kappa shape index (κ1) is 25.2. The monoisotopic (exact) mass is 384 g/mol. The van der Waals surface area contributed by atoms with Crippen molar-refractivity contribution in [3.63, 3.8) is 0 Å². The topological polar surface area (TPSA) is 43.4 Å². The summed E-state index contributed by atoms with van der Waals surface area (Å²) in [4.78, 5) is 22.8. The van der Waals surface area contributed by atoms with Gasteiger partial charge in [0, 0.05) is 12.8 Å². The highest BCUT2D eigenvalue weighted by molar-refractivity contribution is 7.80. The van der Waals surface area contributed by atoms with Gasteiger partial charge in [-0.1, -0.05) is 70.4 Å². The number of hydrogen-bond donors (Lipinski definition) is 1. The Morgan fingerprint density at radius 1 is 0.692 bits per heavy atom. The van der Waals surface area contributed by atoms with E-state index in [1.807, 2.05) is 0 Å². The number of unbranched alkanes of at least 4 members (excludes halogenated alkanes) is 11. The van der Waals surface area contributed by atoms with Gasteiger partial charge in [-0.15, -0.1) is 0 Å². The predicted molar refractivity (Wildman–Crippen MR) is 114 cm³/mol. The van der Waals surface area contributed by atoms with Crippen LogP contribution in [0.4, 0.5) is 0 Å². The van der Waals surface area contributed by atoms with Crippen molar-refractivity contribution in [1.82, 2.24) is 0 Å². The Morgan fingerprint density at radius 2 is 1.15 bits per heavy atom. The van der Waals surface area contributed by atoms with E-state index in [4.69, 9.17) is 4.74 Å². The normalized spacial score (nSPS) is 11.2. The summed E-state index contributed by atoms with van der Waals surface area (Å²) in [5.74, 6) is -0.166. The van der Waals surface area contributed by atoms with E-state index in [0.29, 0.717) is 18.6 Å². The maximum atomic E-state index is 11.5. The van der Waals surface area contributed by atoms with Crippen LogP contribution in [0, 0.1) is 0 Å². The second kappa shape index (κ2) is 20.5. The average molecular weight is 385 g/mol. The zero-order chi connectivity index (χ0) is 19.3. The Bertz CT molecular complexity index is 366. The average Bonchev–Trinajstić information content (AvgIpc) is 2.63. The third-order valence-electron chi connectivity index (χ3n) is 4.41. The quantitative estimate of drug-likeness (QED) is 0.0928. The summed E-state index contributed by atoms with van der Waals surface area (Å²) in [6.45, 7) is 2.26. The van der Waals surface area contributed by atoms with E-state index >= 15 is 0 Å². The largest absolute Gasteiger partial charge is 0.393 e. The maximum Gasteiger partial charge on any atom is 0.313 e. The lowest BCUT2D eigenvalue weighted by molar-refractivity contribution is -0.159. The van der Waals surface area contributed by atoms with E-state index in [1.54, 1.807) is 0 Å². The lowest BCUT2D eigenvalue weighted by atomic mass is 10.1. The maximum absolute atomic E-state index is 11.5. The van der Waals surface area contributed by atoms with Gasteiger partial charge in [-0.25, -0.2) is 0 Å². The van der Waals surface area contributed by atoms with Crippen LogP contribution in [0.2, 0.25) is 0 Å². The van der Waals surface area contributed by atoms with Gasteiger partial charge < -0.3 is 4.74 Å². The zero-order valence-corrected chi connectivity index (χ0v) is 17.7. The molecule has 0 saturated carbocycles. The molecule has 0 rings (SSSR count). The molecule has 0 aromatic rings. The molecule has 0 fully saturated rings. The molecule has 0 aliphatic carbocycles. The minimum absolute atomic E-state index is 0.279. The van der Waals surface area contributed by atoms with Crippen LogP contribution in [0.25, 0.3) is 0 Å². The van der Waals surface area contributed by atoms with Crippen molar-refractivity contribution >= 4 is 24.6 Å². The van der Waals surface area contributed by atoms with Crippen molar-refractivity contribution in [2.75, 3.05) is 5.75 Å². The molecule has 152 valence electrons. The highest BCUT2D eigenvalue weighted by atomic mass is 32.1. The number of esters is 2. The van der Waals surface area contributed by atoms with E-state index in [-0.39, 0.29) is 12.4 Å². The fourth-order valence-corrected chi connectivity index (χ4v) is 2.95. The first-order chi connectivity index (χ1) is 12.7. The van der Waals surface area contributed by atoms with Gasteiger partial charge in [0.25, 0.3) is 0 Å². The molecule has 0 saturated heterocycles. The third-order valence-corrected chi connectivity index (χ3v) is 4.73. The van der Waals surface area contributed by atoms with E-state index < -0.39 is 5.97 Å². The van der Waals surface area contributed by atoms with Gasteiger partial charge in [0.1, 0.15) is 0 Å². The smallest absolute Gasteiger partial charge is 0.313 e. The second-order valence-electron chi connectivity index (χ2n) is 7.01. The summed E-state index contributed by atoms with van der Waals surface area (Å²) in [6.07, 6.45) is 21.9. The van der Waals surface area contributed by atoms with Gasteiger partial charge in [0.15, 0.2) is 0 Å². The summed E-state index contributed by atoms with van der Waals surface area (Å²) in [5.41, 5.74) is 0. The van der Waals surface area contributed by atoms with E-state index in [0.717, 1.165) is 25.7 Å². The molecule has 0 atom stereocenters. The summed E-state index contributed by atoms with van der Waals surface area (Å²) in [7, 11) is 0. The number of carbonyl (C=O) groups is 2. The minimum atomic E-state index is -0.420. The summed E-state index contributed by atoms with van der Waals surface area (Å²) in [6, 6.07) is 0. The molecule has 0 aliphatic rings. The van der Waals surface area contributed by atoms with Crippen molar-refractivity contribution in [2.45, 2.75) is 110 Å². The van der Waals surface area contributed by atoms with Crippen LogP contribution in [-0.4, -0.2) is 17.7 Å². The van der Waals surface area contributed by atoms with Crippen molar-refractivity contribution in [3.8, 4) is 0 Å². The molecule has 0 unspecified atom stereocenters.